The molecular weight excluding hydrogens is 222 g/mol. The van der Waals surface area contributed by atoms with Crippen LogP contribution in [0.4, 0.5) is 0 Å². The number of nitrogens with one attached hydrogen (secondary N) is 1. The lowest BCUT2D eigenvalue weighted by Gasteiger charge is -1.99. The lowest BCUT2D eigenvalue weighted by Crippen LogP contribution is -2.08. The number of hydrogen-bond donors (Lipinski definition) is 1. The second kappa shape index (κ2) is 2.46. The molecule has 1 rings (SSSR count). The summed E-state index contributed by atoms with van der Waals surface area (Å²) in [5.41, 5.74) is 0. The predicted molar refractivity (Wildman–Crippen MR) is 38.3 cm³/mol. The SMILES string of the molecule is BrC1CNCC1Br. The number of alkyl halides is 2. The molecule has 0 radical (unpaired) electrons. The maximum Gasteiger partial charge on any atom is 0.0408 e. The van der Waals surface area contributed by atoms with E-state index in [1.165, 1.54) is 0 Å². The summed E-state index contributed by atoms with van der Waals surface area (Å²) in [6.07, 6.45) is 0. The molecule has 0 spiro atoms. The van der Waals surface area contributed by atoms with Crippen molar-refractivity contribution in [2.45, 2.75) is 9.65 Å². The zero-order chi connectivity index (χ0) is 5.28. The Balaban J connectivity index is 2.33. The highest BCUT2D eigenvalue weighted by atomic mass is 79.9. The molecule has 1 nitrogen and oxygen atoms in total. The van der Waals surface area contributed by atoms with Gasteiger partial charge >= 0.3 is 0 Å². The summed E-state index contributed by atoms with van der Waals surface area (Å²) in [5.74, 6) is 0. The Morgan fingerprint density at radius 3 is 1.71 bits per heavy atom. The van der Waals surface area contributed by atoms with Gasteiger partial charge in [-0.15, -0.1) is 0 Å². The minimum Gasteiger partial charge on any atom is -0.314 e. The van der Waals surface area contributed by atoms with Gasteiger partial charge in [-0.3, -0.25) is 0 Å². The summed E-state index contributed by atoms with van der Waals surface area (Å²) in [7, 11) is 0. The van der Waals surface area contributed by atoms with Gasteiger partial charge in [0.05, 0.1) is 0 Å². The summed E-state index contributed by atoms with van der Waals surface area (Å²) in [6.45, 7) is 2.19. The average Bonchev–Trinajstić information content (AvgIpc) is 1.91. The van der Waals surface area contributed by atoms with Gasteiger partial charge in [-0.05, 0) is 0 Å². The van der Waals surface area contributed by atoms with Gasteiger partial charge in [-0.1, -0.05) is 31.9 Å². The molecule has 1 aliphatic rings. The van der Waals surface area contributed by atoms with Crippen molar-refractivity contribution >= 4 is 31.9 Å². The molecule has 42 valence electrons. The zero-order valence-corrected chi connectivity index (χ0v) is 7.00. The predicted octanol–water partition coefficient (Wildman–Crippen LogP) is 1.12. The molecule has 0 saturated carbocycles. The number of halogens is 2. The molecule has 1 saturated heterocycles. The molecule has 0 aromatic rings. The molecule has 1 N–H and O–H groups in total. The van der Waals surface area contributed by atoms with E-state index in [-0.39, 0.29) is 0 Å². The monoisotopic (exact) mass is 227 g/mol. The van der Waals surface area contributed by atoms with Crippen molar-refractivity contribution in [1.29, 1.82) is 0 Å². The van der Waals surface area contributed by atoms with E-state index in [1.807, 2.05) is 0 Å². The molecule has 3 heteroatoms. The van der Waals surface area contributed by atoms with Crippen molar-refractivity contribution in [2.24, 2.45) is 0 Å². The Bertz CT molecular complexity index is 58.7. The van der Waals surface area contributed by atoms with Crippen LogP contribution in [0, 0.1) is 0 Å². The van der Waals surface area contributed by atoms with Crippen molar-refractivity contribution in [3.05, 3.63) is 0 Å². The quantitative estimate of drug-likeness (QED) is 0.613. The van der Waals surface area contributed by atoms with Crippen LogP contribution >= 0.6 is 31.9 Å². The molecule has 0 aliphatic carbocycles. The van der Waals surface area contributed by atoms with Gasteiger partial charge in [0.2, 0.25) is 0 Å². The van der Waals surface area contributed by atoms with E-state index in [1.54, 1.807) is 0 Å². The molecule has 0 aromatic heterocycles. The third kappa shape index (κ3) is 1.40. The second-order valence-electron chi connectivity index (χ2n) is 1.69. The standard InChI is InChI=1S/C4H7Br2N/c5-3-1-7-2-4(3)6/h3-4,7H,1-2H2. The van der Waals surface area contributed by atoms with Gasteiger partial charge in [-0.2, -0.15) is 0 Å². The van der Waals surface area contributed by atoms with Crippen LogP contribution in [0.3, 0.4) is 0 Å². The minimum atomic E-state index is 0.632. The Kier molecular flexibility index (Phi) is 2.13. The van der Waals surface area contributed by atoms with Gasteiger partial charge in [0.25, 0.3) is 0 Å². The Morgan fingerprint density at radius 2 is 1.57 bits per heavy atom. The van der Waals surface area contributed by atoms with Crippen LogP contribution < -0.4 is 5.32 Å². The lowest BCUT2D eigenvalue weighted by molar-refractivity contribution is 0.863. The van der Waals surface area contributed by atoms with Gasteiger partial charge in [-0.25, -0.2) is 0 Å². The second-order valence-corrected chi connectivity index (χ2v) is 4.04. The summed E-state index contributed by atoms with van der Waals surface area (Å²) < 4.78 is 0. The molecule has 7 heavy (non-hydrogen) atoms. The summed E-state index contributed by atoms with van der Waals surface area (Å²) in [6, 6.07) is 0. The molecule has 1 heterocycles. The van der Waals surface area contributed by atoms with Crippen LogP contribution in [0.2, 0.25) is 0 Å². The highest BCUT2D eigenvalue weighted by molar-refractivity contribution is 9.12. The van der Waals surface area contributed by atoms with Gasteiger partial charge in [0, 0.05) is 22.7 Å². The van der Waals surface area contributed by atoms with Crippen molar-refractivity contribution in [3.63, 3.8) is 0 Å². The first-order valence-corrected chi connectivity index (χ1v) is 4.12. The van der Waals surface area contributed by atoms with Crippen molar-refractivity contribution in [3.8, 4) is 0 Å². The highest BCUT2D eigenvalue weighted by Crippen LogP contribution is 2.16. The Labute approximate surface area is 60.1 Å². The maximum absolute atomic E-state index is 3.49. The molecule has 1 fully saturated rings. The first-order chi connectivity index (χ1) is 3.30. The highest BCUT2D eigenvalue weighted by Gasteiger charge is 2.20. The van der Waals surface area contributed by atoms with E-state index in [0.29, 0.717) is 9.65 Å². The zero-order valence-electron chi connectivity index (χ0n) is 3.82. The van der Waals surface area contributed by atoms with Crippen molar-refractivity contribution < 1.29 is 0 Å². The molecule has 0 aromatic carbocycles. The number of rotatable bonds is 0. The topological polar surface area (TPSA) is 12.0 Å². The maximum atomic E-state index is 3.49. The van der Waals surface area contributed by atoms with E-state index in [9.17, 15) is 0 Å². The molecule has 2 unspecified atom stereocenters. The minimum absolute atomic E-state index is 0.632. The van der Waals surface area contributed by atoms with E-state index in [2.05, 4.69) is 37.2 Å². The van der Waals surface area contributed by atoms with Crippen LogP contribution in [0.1, 0.15) is 0 Å². The third-order valence-corrected chi connectivity index (χ3v) is 3.70. The molecule has 2 atom stereocenters. The molecule has 1 aliphatic heterocycles. The first-order valence-electron chi connectivity index (χ1n) is 2.29. The lowest BCUT2D eigenvalue weighted by atomic mass is 10.4. The Morgan fingerprint density at radius 1 is 1.14 bits per heavy atom. The van der Waals surface area contributed by atoms with E-state index in [4.69, 9.17) is 0 Å². The van der Waals surface area contributed by atoms with Crippen LogP contribution in [0.25, 0.3) is 0 Å². The van der Waals surface area contributed by atoms with Crippen LogP contribution in [-0.2, 0) is 0 Å². The third-order valence-electron chi connectivity index (χ3n) is 1.07. The molecular formula is C4H7Br2N. The average molecular weight is 229 g/mol. The summed E-state index contributed by atoms with van der Waals surface area (Å²) >= 11 is 6.99. The summed E-state index contributed by atoms with van der Waals surface area (Å²) in [5, 5.41) is 3.23. The van der Waals surface area contributed by atoms with E-state index >= 15 is 0 Å². The largest absolute Gasteiger partial charge is 0.314 e. The molecule has 0 amide bonds. The molecule has 0 bridgehead atoms. The van der Waals surface area contributed by atoms with Crippen molar-refractivity contribution in [2.75, 3.05) is 13.1 Å². The summed E-state index contributed by atoms with van der Waals surface area (Å²) in [4.78, 5) is 1.26. The van der Waals surface area contributed by atoms with Crippen LogP contribution in [0.5, 0.6) is 0 Å². The first kappa shape index (κ1) is 6.05. The van der Waals surface area contributed by atoms with Gasteiger partial charge in [0.1, 0.15) is 0 Å². The van der Waals surface area contributed by atoms with Crippen molar-refractivity contribution in [1.82, 2.24) is 5.32 Å². The fourth-order valence-electron chi connectivity index (χ4n) is 0.615. The fourth-order valence-corrected chi connectivity index (χ4v) is 1.45. The number of hydrogen-bond acceptors (Lipinski definition) is 1. The fraction of sp³-hybridized carbons (Fsp3) is 1.00. The van der Waals surface area contributed by atoms with E-state index in [0.717, 1.165) is 13.1 Å². The normalized spacial score (nSPS) is 42.0. The van der Waals surface area contributed by atoms with Crippen LogP contribution in [0.15, 0.2) is 0 Å². The van der Waals surface area contributed by atoms with Crippen LogP contribution in [-0.4, -0.2) is 22.7 Å². The van der Waals surface area contributed by atoms with E-state index < -0.39 is 0 Å². The Hall–Kier alpha value is 0.920. The van der Waals surface area contributed by atoms with Gasteiger partial charge < -0.3 is 5.32 Å². The smallest absolute Gasteiger partial charge is 0.0408 e. The van der Waals surface area contributed by atoms with Gasteiger partial charge in [0.15, 0.2) is 0 Å².